The van der Waals surface area contributed by atoms with Crippen LogP contribution in [-0.2, 0) is 4.74 Å². The molecule has 98 valence electrons. The number of amides is 1. The van der Waals surface area contributed by atoms with Gasteiger partial charge in [0.05, 0.1) is 5.54 Å². The van der Waals surface area contributed by atoms with E-state index in [2.05, 4.69) is 5.32 Å². The first kappa shape index (κ1) is 12.7. The van der Waals surface area contributed by atoms with Crippen LogP contribution in [0.1, 0.15) is 59.3 Å². The Kier molecular flexibility index (Phi) is 2.89. The first-order valence-corrected chi connectivity index (χ1v) is 6.57. The summed E-state index contributed by atoms with van der Waals surface area (Å²) in [5, 5.41) is 3.04. The van der Waals surface area contributed by atoms with E-state index in [0.717, 1.165) is 32.1 Å². The average Bonchev–Trinajstić information content (AvgIpc) is 2.04. The van der Waals surface area contributed by atoms with E-state index in [0.29, 0.717) is 0 Å². The van der Waals surface area contributed by atoms with Gasteiger partial charge in [-0.2, -0.15) is 0 Å². The van der Waals surface area contributed by atoms with E-state index in [1.54, 1.807) is 0 Å². The molecule has 0 aliphatic heterocycles. The van der Waals surface area contributed by atoms with Crippen LogP contribution in [0.2, 0.25) is 0 Å². The molecule has 2 rings (SSSR count). The van der Waals surface area contributed by atoms with Crippen molar-refractivity contribution in [1.82, 2.24) is 5.32 Å². The Labute approximate surface area is 103 Å². The van der Waals surface area contributed by atoms with E-state index in [-0.39, 0.29) is 17.2 Å². The highest BCUT2D eigenvalue weighted by molar-refractivity contribution is 5.69. The lowest BCUT2D eigenvalue weighted by molar-refractivity contribution is -0.00159. The molecule has 0 aromatic heterocycles. The van der Waals surface area contributed by atoms with E-state index >= 15 is 0 Å². The molecular formula is C13H24N2O2. The van der Waals surface area contributed by atoms with Gasteiger partial charge in [-0.3, -0.25) is 0 Å². The lowest BCUT2D eigenvalue weighted by Gasteiger charge is -2.58. The predicted molar refractivity (Wildman–Crippen MR) is 66.7 cm³/mol. The standard InChI is InChI=1S/C13H24N2O2/c1-11(2,3)17-10(16)15-13(8-5-9-13)12(14)6-4-7-12/h4-9,14H2,1-3H3,(H,15,16). The summed E-state index contributed by atoms with van der Waals surface area (Å²) in [7, 11) is 0. The molecule has 0 saturated heterocycles. The first-order chi connectivity index (χ1) is 7.77. The van der Waals surface area contributed by atoms with Gasteiger partial charge in [0.2, 0.25) is 0 Å². The number of carbonyl (C=O) groups excluding carboxylic acids is 1. The van der Waals surface area contributed by atoms with Crippen LogP contribution in [0, 0.1) is 0 Å². The molecule has 0 bridgehead atoms. The molecule has 0 heterocycles. The maximum Gasteiger partial charge on any atom is 0.408 e. The molecule has 2 fully saturated rings. The molecule has 4 heteroatoms. The highest BCUT2D eigenvalue weighted by Crippen LogP contribution is 2.49. The highest BCUT2D eigenvalue weighted by atomic mass is 16.6. The SMILES string of the molecule is CC(C)(C)OC(=O)NC1(C2(N)CCC2)CCC1. The van der Waals surface area contributed by atoms with Gasteiger partial charge in [0.15, 0.2) is 0 Å². The fraction of sp³-hybridized carbons (Fsp3) is 0.923. The molecule has 1 amide bonds. The van der Waals surface area contributed by atoms with E-state index in [1.165, 1.54) is 6.42 Å². The van der Waals surface area contributed by atoms with E-state index in [1.807, 2.05) is 20.8 Å². The van der Waals surface area contributed by atoms with Gasteiger partial charge in [0.25, 0.3) is 0 Å². The molecule has 0 atom stereocenters. The second kappa shape index (κ2) is 3.87. The minimum Gasteiger partial charge on any atom is -0.444 e. The zero-order valence-electron chi connectivity index (χ0n) is 11.1. The summed E-state index contributed by atoms with van der Waals surface area (Å²) in [5.41, 5.74) is 5.54. The molecule has 17 heavy (non-hydrogen) atoms. The third-order valence-electron chi connectivity index (χ3n) is 4.15. The fourth-order valence-corrected chi connectivity index (χ4v) is 2.81. The average molecular weight is 240 g/mol. The van der Waals surface area contributed by atoms with Crippen LogP contribution < -0.4 is 11.1 Å². The van der Waals surface area contributed by atoms with Crippen LogP contribution >= 0.6 is 0 Å². The van der Waals surface area contributed by atoms with Gasteiger partial charge < -0.3 is 15.8 Å². The summed E-state index contributed by atoms with van der Waals surface area (Å²) in [6.45, 7) is 5.63. The van der Waals surface area contributed by atoms with Gasteiger partial charge in [-0.05, 0) is 59.3 Å². The van der Waals surface area contributed by atoms with Crippen molar-refractivity contribution in [3.05, 3.63) is 0 Å². The summed E-state index contributed by atoms with van der Waals surface area (Å²) in [5.74, 6) is 0. The quantitative estimate of drug-likeness (QED) is 0.778. The van der Waals surface area contributed by atoms with Gasteiger partial charge in [0, 0.05) is 5.54 Å². The molecule has 0 radical (unpaired) electrons. The van der Waals surface area contributed by atoms with Gasteiger partial charge in [0.1, 0.15) is 5.60 Å². The maximum absolute atomic E-state index is 11.9. The smallest absolute Gasteiger partial charge is 0.408 e. The van der Waals surface area contributed by atoms with E-state index in [9.17, 15) is 4.79 Å². The third kappa shape index (κ3) is 2.28. The Morgan fingerprint density at radius 1 is 1.18 bits per heavy atom. The molecule has 0 spiro atoms. The van der Waals surface area contributed by atoms with Gasteiger partial charge >= 0.3 is 6.09 Å². The Bertz CT molecular complexity index is 312. The van der Waals surface area contributed by atoms with Crippen molar-refractivity contribution in [2.75, 3.05) is 0 Å². The number of nitrogens with one attached hydrogen (secondary N) is 1. The molecule has 0 unspecified atom stereocenters. The summed E-state index contributed by atoms with van der Waals surface area (Å²) in [6, 6.07) is 0. The van der Waals surface area contributed by atoms with Gasteiger partial charge in [-0.1, -0.05) is 0 Å². The maximum atomic E-state index is 11.9. The third-order valence-corrected chi connectivity index (χ3v) is 4.15. The van der Waals surface area contributed by atoms with Crippen LogP contribution in [-0.4, -0.2) is 22.8 Å². The van der Waals surface area contributed by atoms with Crippen LogP contribution in [0.15, 0.2) is 0 Å². The topological polar surface area (TPSA) is 64.3 Å². The largest absolute Gasteiger partial charge is 0.444 e. The summed E-state index contributed by atoms with van der Waals surface area (Å²) in [6.07, 6.45) is 6.01. The Morgan fingerprint density at radius 3 is 2.00 bits per heavy atom. The lowest BCUT2D eigenvalue weighted by atomic mass is 9.56. The summed E-state index contributed by atoms with van der Waals surface area (Å²) in [4.78, 5) is 11.9. The monoisotopic (exact) mass is 240 g/mol. The number of rotatable bonds is 2. The molecule has 2 aliphatic carbocycles. The molecule has 3 N–H and O–H groups in total. The van der Waals surface area contributed by atoms with Crippen LogP contribution in [0.5, 0.6) is 0 Å². The number of carbonyl (C=O) groups is 1. The molecule has 2 aliphatic rings. The summed E-state index contributed by atoms with van der Waals surface area (Å²) >= 11 is 0. The minimum atomic E-state index is -0.448. The molecule has 0 aromatic carbocycles. The number of hydrogen-bond donors (Lipinski definition) is 2. The number of nitrogens with two attached hydrogens (primary N) is 1. The van der Waals surface area contributed by atoms with Crippen molar-refractivity contribution in [3.63, 3.8) is 0 Å². The number of ether oxygens (including phenoxy) is 1. The van der Waals surface area contributed by atoms with Gasteiger partial charge in [-0.25, -0.2) is 4.79 Å². The van der Waals surface area contributed by atoms with Crippen LogP contribution in [0.4, 0.5) is 4.79 Å². The summed E-state index contributed by atoms with van der Waals surface area (Å²) < 4.78 is 5.33. The van der Waals surface area contributed by atoms with Crippen molar-refractivity contribution in [3.8, 4) is 0 Å². The predicted octanol–water partition coefficient (Wildman–Crippen LogP) is 2.32. The number of hydrogen-bond acceptors (Lipinski definition) is 3. The first-order valence-electron chi connectivity index (χ1n) is 6.57. The molecule has 2 saturated carbocycles. The molecular weight excluding hydrogens is 216 g/mol. The van der Waals surface area contributed by atoms with Gasteiger partial charge in [-0.15, -0.1) is 0 Å². The molecule has 0 aromatic rings. The van der Waals surface area contributed by atoms with Crippen molar-refractivity contribution in [2.45, 2.75) is 76.0 Å². The van der Waals surface area contributed by atoms with Crippen molar-refractivity contribution < 1.29 is 9.53 Å². The zero-order valence-corrected chi connectivity index (χ0v) is 11.1. The Hall–Kier alpha value is -0.770. The minimum absolute atomic E-state index is 0.192. The Morgan fingerprint density at radius 2 is 1.71 bits per heavy atom. The fourth-order valence-electron chi connectivity index (χ4n) is 2.81. The van der Waals surface area contributed by atoms with Crippen molar-refractivity contribution >= 4 is 6.09 Å². The van der Waals surface area contributed by atoms with Crippen LogP contribution in [0.25, 0.3) is 0 Å². The lowest BCUT2D eigenvalue weighted by Crippen LogP contribution is -2.74. The van der Waals surface area contributed by atoms with E-state index in [4.69, 9.17) is 10.5 Å². The van der Waals surface area contributed by atoms with Crippen molar-refractivity contribution in [2.24, 2.45) is 5.73 Å². The van der Waals surface area contributed by atoms with Crippen molar-refractivity contribution in [1.29, 1.82) is 0 Å². The second-order valence-corrected chi connectivity index (χ2v) is 6.57. The Balaban J connectivity index is 1.98. The van der Waals surface area contributed by atoms with E-state index < -0.39 is 5.60 Å². The zero-order chi connectivity index (χ0) is 12.7. The van der Waals surface area contributed by atoms with Crippen LogP contribution in [0.3, 0.4) is 0 Å². The second-order valence-electron chi connectivity index (χ2n) is 6.57. The number of alkyl carbamates (subject to hydrolysis) is 1. The molecule has 4 nitrogen and oxygen atoms in total. The normalized spacial score (nSPS) is 25.4. The highest BCUT2D eigenvalue weighted by Gasteiger charge is 2.56.